The molecule has 2 saturated carbocycles. The minimum Gasteiger partial charge on any atom is -0.310 e. The maximum Gasteiger partial charge on any atom is 0.275 e. The minimum atomic E-state index is -2.74. The van der Waals surface area contributed by atoms with Crippen LogP contribution in [0.5, 0.6) is 0 Å². The monoisotopic (exact) mass is 321 g/mol. The summed E-state index contributed by atoms with van der Waals surface area (Å²) in [7, 11) is 0. The number of H-pyrrole nitrogens is 1. The van der Waals surface area contributed by atoms with Crippen molar-refractivity contribution in [3.63, 3.8) is 0 Å². The number of aromatic nitrogens is 4. The van der Waals surface area contributed by atoms with Gasteiger partial charge in [0.15, 0.2) is 5.82 Å². The van der Waals surface area contributed by atoms with Crippen molar-refractivity contribution in [2.75, 3.05) is 5.32 Å². The summed E-state index contributed by atoms with van der Waals surface area (Å²) < 4.78 is 27.1. The first kappa shape index (κ1) is 14.0. The lowest BCUT2D eigenvalue weighted by Gasteiger charge is -2.03. The zero-order chi connectivity index (χ0) is 16.2. The number of carbonyl (C=O) groups is 1. The quantitative estimate of drug-likeness (QED) is 0.896. The van der Waals surface area contributed by atoms with Crippen LogP contribution in [0.4, 0.5) is 14.6 Å². The molecule has 2 heterocycles. The van der Waals surface area contributed by atoms with Gasteiger partial charge in [-0.15, -0.1) is 0 Å². The van der Waals surface area contributed by atoms with Gasteiger partial charge in [-0.05, 0) is 12.8 Å². The molecule has 0 spiro atoms. The van der Waals surface area contributed by atoms with Crippen molar-refractivity contribution in [1.82, 2.24) is 19.7 Å². The van der Waals surface area contributed by atoms with Gasteiger partial charge in [0, 0.05) is 30.7 Å². The van der Waals surface area contributed by atoms with E-state index < -0.39 is 23.4 Å². The van der Waals surface area contributed by atoms with Gasteiger partial charge in [0.25, 0.3) is 17.4 Å². The van der Waals surface area contributed by atoms with Crippen LogP contribution in [0.25, 0.3) is 0 Å². The molecule has 7 nitrogen and oxygen atoms in total. The molecule has 2 aromatic heterocycles. The topological polar surface area (TPSA) is 92.7 Å². The predicted molar refractivity (Wildman–Crippen MR) is 75.6 cm³/mol. The van der Waals surface area contributed by atoms with Crippen LogP contribution in [0.1, 0.15) is 47.5 Å². The number of rotatable bonds is 4. The Morgan fingerprint density at radius 2 is 2.17 bits per heavy atom. The minimum absolute atomic E-state index is 0.0121. The molecule has 4 rings (SSSR count). The highest BCUT2D eigenvalue weighted by atomic mass is 19.3. The molecule has 0 aliphatic heterocycles. The molecule has 2 aliphatic carbocycles. The highest BCUT2D eigenvalue weighted by Gasteiger charge is 2.59. The molecule has 2 N–H and O–H groups in total. The van der Waals surface area contributed by atoms with Gasteiger partial charge in [0.1, 0.15) is 17.6 Å². The van der Waals surface area contributed by atoms with Gasteiger partial charge in [-0.1, -0.05) is 0 Å². The van der Waals surface area contributed by atoms with Gasteiger partial charge in [0.05, 0.1) is 0 Å². The second kappa shape index (κ2) is 4.71. The Hall–Kier alpha value is -2.58. The lowest BCUT2D eigenvalue weighted by Crippen LogP contribution is -2.20. The lowest BCUT2D eigenvalue weighted by molar-refractivity contribution is 0.0984. The van der Waals surface area contributed by atoms with E-state index >= 15 is 0 Å². The highest BCUT2D eigenvalue weighted by Crippen LogP contribution is 2.52. The molecule has 23 heavy (non-hydrogen) atoms. The summed E-state index contributed by atoms with van der Waals surface area (Å²) in [6.07, 6.45) is 3.02. The van der Waals surface area contributed by atoms with Gasteiger partial charge in [-0.3, -0.25) is 14.3 Å². The number of anilines is 1. The molecule has 0 aromatic carbocycles. The molecule has 2 aromatic rings. The molecule has 0 radical (unpaired) electrons. The Labute approximate surface area is 128 Å². The fourth-order valence-corrected chi connectivity index (χ4v) is 2.39. The van der Waals surface area contributed by atoms with Crippen molar-refractivity contribution in [3.8, 4) is 0 Å². The Morgan fingerprint density at radius 1 is 1.43 bits per heavy atom. The summed E-state index contributed by atoms with van der Waals surface area (Å²) in [6, 6.07) is 1.58. The van der Waals surface area contributed by atoms with Gasteiger partial charge < -0.3 is 10.3 Å². The van der Waals surface area contributed by atoms with Crippen molar-refractivity contribution < 1.29 is 13.6 Å². The van der Waals surface area contributed by atoms with E-state index in [9.17, 15) is 18.4 Å². The van der Waals surface area contributed by atoms with E-state index in [-0.39, 0.29) is 23.9 Å². The van der Waals surface area contributed by atoms with E-state index in [0.29, 0.717) is 5.82 Å². The van der Waals surface area contributed by atoms with E-state index in [0.717, 1.165) is 23.6 Å². The first-order valence-corrected chi connectivity index (χ1v) is 7.28. The zero-order valence-corrected chi connectivity index (χ0v) is 11.9. The average molecular weight is 321 g/mol. The zero-order valence-electron chi connectivity index (χ0n) is 11.9. The Kier molecular flexibility index (Phi) is 2.87. The molecule has 1 atom stereocenters. The average Bonchev–Trinajstić information content (AvgIpc) is 3.38. The number of carbonyl (C=O) groups excluding carboxylic acids is 1. The molecular formula is C14H13F2N5O2. The summed E-state index contributed by atoms with van der Waals surface area (Å²) in [5.41, 5.74) is -0.405. The number of hydrogen-bond acceptors (Lipinski definition) is 4. The summed E-state index contributed by atoms with van der Waals surface area (Å²) in [5.74, 6) is -2.48. The van der Waals surface area contributed by atoms with E-state index in [2.05, 4.69) is 20.4 Å². The van der Waals surface area contributed by atoms with Crippen molar-refractivity contribution in [2.24, 2.45) is 0 Å². The number of aromatic amines is 1. The third-order valence-corrected chi connectivity index (χ3v) is 3.92. The van der Waals surface area contributed by atoms with Crippen LogP contribution >= 0.6 is 0 Å². The van der Waals surface area contributed by atoms with Crippen LogP contribution < -0.4 is 10.9 Å². The number of halogens is 2. The first-order chi connectivity index (χ1) is 10.9. The van der Waals surface area contributed by atoms with E-state index in [1.54, 1.807) is 0 Å². The maximum atomic E-state index is 13.0. The maximum absolute atomic E-state index is 13.0. The summed E-state index contributed by atoms with van der Waals surface area (Å²) in [6.45, 7) is 0. The highest BCUT2D eigenvalue weighted by molar-refractivity contribution is 6.02. The van der Waals surface area contributed by atoms with Crippen molar-refractivity contribution in [3.05, 3.63) is 40.2 Å². The normalized spacial score (nSPS) is 21.9. The fourth-order valence-electron chi connectivity index (χ4n) is 2.39. The summed E-state index contributed by atoms with van der Waals surface area (Å²) in [5, 5.41) is 6.39. The van der Waals surface area contributed by atoms with E-state index in [4.69, 9.17) is 0 Å². The lowest BCUT2D eigenvalue weighted by atomic mass is 10.3. The number of nitrogens with zero attached hydrogens (tertiary/aromatic N) is 3. The van der Waals surface area contributed by atoms with Crippen LogP contribution in [0.15, 0.2) is 23.1 Å². The summed E-state index contributed by atoms with van der Waals surface area (Å²) >= 11 is 0. The number of amides is 1. The molecule has 120 valence electrons. The summed E-state index contributed by atoms with van der Waals surface area (Å²) in [4.78, 5) is 30.5. The van der Waals surface area contributed by atoms with E-state index in [1.165, 1.54) is 12.3 Å². The Balaban J connectivity index is 1.51. The smallest absolute Gasteiger partial charge is 0.275 e. The molecule has 1 amide bonds. The predicted octanol–water partition coefficient (Wildman–Crippen LogP) is 1.68. The molecule has 0 bridgehead atoms. The standard InChI is InChI=1S/C14H13F2N5O2/c15-14(16)6-9(14)21-4-3-10(20-21)18-13(23)8-5-11(22)19-12(17-8)7-1-2-7/h3-5,7,9H,1-2,6H2,(H,17,19,22)(H,18,20,23). The third-order valence-electron chi connectivity index (χ3n) is 3.92. The second-order valence-electron chi connectivity index (χ2n) is 5.91. The van der Waals surface area contributed by atoms with Gasteiger partial charge in [-0.2, -0.15) is 5.10 Å². The second-order valence-corrected chi connectivity index (χ2v) is 5.91. The SMILES string of the molecule is O=C(Nc1ccn(C2CC2(F)F)n1)c1cc(=O)[nH]c(C2CC2)n1. The van der Waals surface area contributed by atoms with Crippen LogP contribution in [-0.2, 0) is 0 Å². The molecule has 2 aliphatic rings. The molecular weight excluding hydrogens is 308 g/mol. The first-order valence-electron chi connectivity index (χ1n) is 7.28. The van der Waals surface area contributed by atoms with Gasteiger partial charge in [0.2, 0.25) is 0 Å². The largest absolute Gasteiger partial charge is 0.310 e. The van der Waals surface area contributed by atoms with Crippen LogP contribution in [0.3, 0.4) is 0 Å². The fraction of sp³-hybridized carbons (Fsp3) is 0.429. The Morgan fingerprint density at radius 3 is 2.83 bits per heavy atom. The Bertz CT molecular complexity index is 840. The molecule has 9 heteroatoms. The van der Waals surface area contributed by atoms with Crippen LogP contribution in [-0.4, -0.2) is 31.6 Å². The number of alkyl halides is 2. The van der Waals surface area contributed by atoms with Gasteiger partial charge >= 0.3 is 0 Å². The molecule has 1 unspecified atom stereocenters. The van der Waals surface area contributed by atoms with Crippen molar-refractivity contribution >= 4 is 11.7 Å². The van der Waals surface area contributed by atoms with Crippen LogP contribution in [0, 0.1) is 0 Å². The molecule has 2 fully saturated rings. The van der Waals surface area contributed by atoms with E-state index in [1.807, 2.05) is 0 Å². The van der Waals surface area contributed by atoms with Crippen molar-refractivity contribution in [2.45, 2.75) is 37.1 Å². The van der Waals surface area contributed by atoms with Crippen LogP contribution in [0.2, 0.25) is 0 Å². The number of nitrogens with one attached hydrogen (secondary N) is 2. The number of hydrogen-bond donors (Lipinski definition) is 2. The molecule has 0 saturated heterocycles. The third kappa shape index (κ3) is 2.73. The van der Waals surface area contributed by atoms with Crippen molar-refractivity contribution in [1.29, 1.82) is 0 Å². The van der Waals surface area contributed by atoms with Gasteiger partial charge in [-0.25, -0.2) is 13.8 Å².